The average Bonchev–Trinajstić information content (AvgIpc) is 1.36. The molecule has 0 unspecified atom stereocenters. The lowest BCUT2D eigenvalue weighted by molar-refractivity contribution is 0.390. The summed E-state index contributed by atoms with van der Waals surface area (Å²) in [5, 5.41) is 9.19. The highest BCUT2D eigenvalue weighted by molar-refractivity contribution is 7.79. The van der Waals surface area contributed by atoms with Crippen LogP contribution in [0.15, 0.2) is 0 Å². The van der Waals surface area contributed by atoms with Gasteiger partial charge in [-0.1, -0.05) is 0 Å². The standard InChI is InChI=1S/C2H3ClNOS/c1-4(3)2(5)6/h1H3. The van der Waals surface area contributed by atoms with Gasteiger partial charge in [0.15, 0.2) is 0 Å². The maximum absolute atomic E-state index is 9.75. The summed E-state index contributed by atoms with van der Waals surface area (Å²) in [5.41, 5.74) is 0. The van der Waals surface area contributed by atoms with Crippen molar-refractivity contribution in [3.05, 3.63) is 0 Å². The lowest BCUT2D eigenvalue weighted by atomic mass is 11.2. The molecule has 0 amide bonds. The Morgan fingerprint density at radius 1 is 2.00 bits per heavy atom. The number of hydrogen-bond acceptors (Lipinski definition) is 1. The van der Waals surface area contributed by atoms with Gasteiger partial charge in [0.25, 0.3) is 0 Å². The molecule has 0 heterocycles. The summed E-state index contributed by atoms with van der Waals surface area (Å²) >= 11 is 9.05. The van der Waals surface area contributed by atoms with Crippen molar-refractivity contribution in [1.29, 1.82) is 0 Å². The van der Waals surface area contributed by atoms with Crippen molar-refractivity contribution in [3.8, 4) is 0 Å². The lowest BCUT2D eigenvalue weighted by Crippen LogP contribution is -2.09. The van der Waals surface area contributed by atoms with E-state index in [1.54, 1.807) is 0 Å². The Hall–Kier alpha value is -0.0200. The predicted molar refractivity (Wildman–Crippen MR) is 26.9 cm³/mol. The minimum Gasteiger partial charge on any atom is -0.255 e. The van der Waals surface area contributed by atoms with Gasteiger partial charge in [0.2, 0.25) is 0 Å². The van der Waals surface area contributed by atoms with Crippen LogP contribution in [-0.4, -0.2) is 16.6 Å². The van der Waals surface area contributed by atoms with Gasteiger partial charge in [-0.05, 0) is 12.2 Å². The molecular weight excluding hydrogens is 122 g/mol. The van der Waals surface area contributed by atoms with E-state index in [-0.39, 0.29) is 0 Å². The number of rotatable bonds is 0. The molecule has 0 aromatic carbocycles. The molecule has 0 aliphatic carbocycles. The fraction of sp³-hybridized carbons (Fsp3) is 0.500. The fourth-order valence-corrected chi connectivity index (χ4v) is 0. The second-order valence-corrected chi connectivity index (χ2v) is 1.60. The lowest BCUT2D eigenvalue weighted by Gasteiger charge is -1.95. The number of hydrogen-bond donors (Lipinski definition) is 0. The third-order valence-electron chi connectivity index (χ3n) is 0.252. The minimum atomic E-state index is -0.559. The quantitative estimate of drug-likeness (QED) is 0.352. The third-order valence-corrected chi connectivity index (χ3v) is 0.779. The van der Waals surface area contributed by atoms with E-state index in [2.05, 4.69) is 12.2 Å². The molecule has 0 aromatic heterocycles. The summed E-state index contributed by atoms with van der Waals surface area (Å²) in [6.07, 6.45) is 0. The third kappa shape index (κ3) is 2.23. The molecule has 0 aliphatic heterocycles. The zero-order valence-corrected chi connectivity index (χ0v) is 4.71. The molecule has 35 valence electrons. The van der Waals surface area contributed by atoms with Gasteiger partial charge < -0.3 is 0 Å². The molecule has 1 radical (unpaired) electrons. The average molecular weight is 125 g/mol. The molecule has 2 nitrogen and oxygen atoms in total. The first-order valence-electron chi connectivity index (χ1n) is 1.25. The molecular formula is C2H3ClNOS. The summed E-state index contributed by atoms with van der Waals surface area (Å²) in [5.74, 6) is 0. The summed E-state index contributed by atoms with van der Waals surface area (Å²) in [7, 11) is 1.39. The second kappa shape index (κ2) is 2.21. The molecule has 0 N–H and O–H groups in total. The molecule has 0 aliphatic rings. The van der Waals surface area contributed by atoms with E-state index in [1.165, 1.54) is 7.05 Å². The summed E-state index contributed by atoms with van der Waals surface area (Å²) in [6.45, 7) is 0. The summed E-state index contributed by atoms with van der Waals surface area (Å²) < 4.78 is 0.815. The Morgan fingerprint density at radius 2 is 2.17 bits per heavy atom. The molecule has 0 rings (SSSR count). The zero-order chi connectivity index (χ0) is 5.15. The summed E-state index contributed by atoms with van der Waals surface area (Å²) in [6, 6.07) is 0. The highest BCUT2D eigenvalue weighted by atomic mass is 35.5. The van der Waals surface area contributed by atoms with E-state index in [0.29, 0.717) is 0 Å². The van der Waals surface area contributed by atoms with Crippen LogP contribution in [0.25, 0.3) is 0 Å². The molecule has 0 bridgehead atoms. The van der Waals surface area contributed by atoms with Crippen LogP contribution in [-0.2, 0) is 5.11 Å². The van der Waals surface area contributed by atoms with Crippen LogP contribution in [0.1, 0.15) is 0 Å². The monoisotopic (exact) mass is 124 g/mol. The molecule has 0 atom stereocenters. The number of thiocarbonyl (C=S) groups is 1. The van der Waals surface area contributed by atoms with Crippen molar-refractivity contribution in [2.45, 2.75) is 0 Å². The smallest absolute Gasteiger partial charge is 0.255 e. The van der Waals surface area contributed by atoms with Crippen molar-refractivity contribution in [2.75, 3.05) is 7.05 Å². The van der Waals surface area contributed by atoms with Crippen molar-refractivity contribution in [3.63, 3.8) is 0 Å². The van der Waals surface area contributed by atoms with E-state index in [4.69, 9.17) is 11.8 Å². The van der Waals surface area contributed by atoms with E-state index in [1.807, 2.05) is 0 Å². The highest BCUT2D eigenvalue weighted by Gasteiger charge is 1.93. The molecule has 0 spiro atoms. The van der Waals surface area contributed by atoms with Crippen LogP contribution >= 0.6 is 24.0 Å². The first-order chi connectivity index (χ1) is 2.64. The van der Waals surface area contributed by atoms with Gasteiger partial charge in [0.1, 0.15) is 0 Å². The SMILES string of the molecule is CN(Cl)C([O])=S. The molecule has 6 heavy (non-hydrogen) atoms. The minimum absolute atomic E-state index is 0.559. The Bertz CT molecular complexity index is 64.6. The predicted octanol–water partition coefficient (Wildman–Crippen LogP) is 0.787. The second-order valence-electron chi connectivity index (χ2n) is 0.743. The Kier molecular flexibility index (Phi) is 2.20. The van der Waals surface area contributed by atoms with Gasteiger partial charge in [-0.3, -0.25) is 5.11 Å². The van der Waals surface area contributed by atoms with E-state index in [9.17, 15) is 5.11 Å². The van der Waals surface area contributed by atoms with Gasteiger partial charge in [-0.2, -0.15) is 0 Å². The normalized spacial score (nSPS) is 7.67. The van der Waals surface area contributed by atoms with Crippen LogP contribution in [0.5, 0.6) is 0 Å². The topological polar surface area (TPSA) is 23.1 Å². The van der Waals surface area contributed by atoms with Gasteiger partial charge in [-0.15, -0.1) is 0 Å². The Morgan fingerprint density at radius 3 is 2.17 bits per heavy atom. The van der Waals surface area contributed by atoms with E-state index < -0.39 is 5.17 Å². The van der Waals surface area contributed by atoms with Gasteiger partial charge in [0.05, 0.1) is 0 Å². The first kappa shape index (κ1) is 5.98. The van der Waals surface area contributed by atoms with Crippen LogP contribution in [0.4, 0.5) is 0 Å². The number of halogens is 1. The molecule has 0 fully saturated rings. The molecule has 0 aromatic rings. The van der Waals surface area contributed by atoms with Crippen LogP contribution in [0.3, 0.4) is 0 Å². The largest absolute Gasteiger partial charge is 0.327 e. The van der Waals surface area contributed by atoms with Crippen molar-refractivity contribution < 1.29 is 5.11 Å². The van der Waals surface area contributed by atoms with Crippen molar-refractivity contribution in [1.82, 2.24) is 4.42 Å². The van der Waals surface area contributed by atoms with Gasteiger partial charge in [0, 0.05) is 18.8 Å². The van der Waals surface area contributed by atoms with E-state index in [0.717, 1.165) is 4.42 Å². The van der Waals surface area contributed by atoms with Gasteiger partial charge in [-0.25, -0.2) is 4.42 Å². The molecule has 0 saturated carbocycles. The van der Waals surface area contributed by atoms with E-state index >= 15 is 0 Å². The Balaban J connectivity index is 3.26. The molecule has 4 heteroatoms. The molecule has 0 saturated heterocycles. The zero-order valence-electron chi connectivity index (χ0n) is 3.14. The highest BCUT2D eigenvalue weighted by Crippen LogP contribution is 1.86. The van der Waals surface area contributed by atoms with Crippen molar-refractivity contribution in [2.24, 2.45) is 0 Å². The number of nitrogens with zero attached hydrogens (tertiary/aromatic N) is 1. The first-order valence-corrected chi connectivity index (χ1v) is 1.99. The maximum atomic E-state index is 9.75. The summed E-state index contributed by atoms with van der Waals surface area (Å²) in [4.78, 5) is 0. The maximum Gasteiger partial charge on any atom is 0.327 e. The fourth-order valence-electron chi connectivity index (χ4n) is 0. The Labute approximate surface area is 46.4 Å². The van der Waals surface area contributed by atoms with Crippen LogP contribution in [0.2, 0.25) is 0 Å². The van der Waals surface area contributed by atoms with Gasteiger partial charge >= 0.3 is 5.17 Å². The van der Waals surface area contributed by atoms with Crippen LogP contribution in [0, 0.1) is 0 Å². The van der Waals surface area contributed by atoms with Crippen molar-refractivity contribution >= 4 is 29.2 Å². The van der Waals surface area contributed by atoms with Crippen LogP contribution < -0.4 is 0 Å².